The van der Waals surface area contributed by atoms with E-state index < -0.39 is 0 Å². The zero-order chi connectivity index (χ0) is 22.4. The van der Waals surface area contributed by atoms with Gasteiger partial charge in [-0.05, 0) is 72.8 Å². The average molecular weight is 430 g/mol. The lowest BCUT2D eigenvalue weighted by Gasteiger charge is -2.16. The number of aromatic nitrogens is 4. The third kappa shape index (κ3) is 3.74. The fourth-order valence-corrected chi connectivity index (χ4v) is 4.33. The molecular formula is C28H23N5. The maximum absolute atomic E-state index is 4.82. The molecule has 0 aliphatic carbocycles. The molecule has 4 aromatic rings. The maximum atomic E-state index is 4.82. The van der Waals surface area contributed by atoms with Gasteiger partial charge in [0.15, 0.2) is 0 Å². The molecule has 0 radical (unpaired) electrons. The van der Waals surface area contributed by atoms with Gasteiger partial charge in [-0.25, -0.2) is 9.97 Å². The van der Waals surface area contributed by atoms with Crippen molar-refractivity contribution in [3.8, 4) is 11.1 Å². The second-order valence-electron chi connectivity index (χ2n) is 8.50. The Bertz CT molecular complexity index is 1600. The molecule has 0 amide bonds. The molecule has 0 atom stereocenters. The van der Waals surface area contributed by atoms with Crippen molar-refractivity contribution in [1.82, 2.24) is 19.9 Å². The van der Waals surface area contributed by atoms with Gasteiger partial charge in [-0.15, -0.1) is 0 Å². The first-order chi connectivity index (χ1) is 16.1. The van der Waals surface area contributed by atoms with Crippen LogP contribution in [0.1, 0.15) is 22.8 Å². The van der Waals surface area contributed by atoms with Crippen LogP contribution in [0.25, 0.3) is 57.5 Å². The van der Waals surface area contributed by atoms with E-state index in [-0.39, 0.29) is 0 Å². The minimum atomic E-state index is 0.914. The molecule has 0 spiro atoms. The number of aromatic amines is 2. The monoisotopic (exact) mass is 429 g/mol. The molecule has 1 aromatic carbocycles. The first-order valence-electron chi connectivity index (χ1n) is 11.0. The van der Waals surface area contributed by atoms with Crippen LogP contribution in [0.2, 0.25) is 0 Å². The number of hydrogen-bond donors (Lipinski definition) is 2. The molecule has 2 N–H and O–H groups in total. The lowest BCUT2D eigenvalue weighted by atomic mass is 10.0. The Kier molecular flexibility index (Phi) is 4.47. The highest BCUT2D eigenvalue weighted by Gasteiger charge is 2.11. The predicted octanol–water partition coefficient (Wildman–Crippen LogP) is 6.39. The molecule has 2 aliphatic heterocycles. The maximum Gasteiger partial charge on any atom is 0.0658 e. The molecule has 0 unspecified atom stereocenters. The van der Waals surface area contributed by atoms with Crippen molar-refractivity contribution < 1.29 is 0 Å². The quantitative estimate of drug-likeness (QED) is 0.335. The normalized spacial score (nSPS) is 12.3. The molecule has 0 saturated carbocycles. The minimum Gasteiger partial charge on any atom is -0.377 e. The Labute approximate surface area is 191 Å². The van der Waals surface area contributed by atoms with Crippen LogP contribution < -0.4 is 4.90 Å². The van der Waals surface area contributed by atoms with Crippen molar-refractivity contribution in [2.24, 2.45) is 0 Å². The smallest absolute Gasteiger partial charge is 0.0658 e. The number of nitrogens with zero attached hydrogens (tertiary/aromatic N) is 3. The van der Waals surface area contributed by atoms with Gasteiger partial charge in [-0.2, -0.15) is 0 Å². The first-order valence-corrected chi connectivity index (χ1v) is 11.0. The number of hydrogen-bond acceptors (Lipinski definition) is 3. The topological polar surface area (TPSA) is 60.6 Å². The highest BCUT2D eigenvalue weighted by Crippen LogP contribution is 2.34. The van der Waals surface area contributed by atoms with Crippen molar-refractivity contribution in [2.45, 2.75) is 0 Å². The second kappa shape index (κ2) is 7.64. The second-order valence-corrected chi connectivity index (χ2v) is 8.50. The average Bonchev–Trinajstić information content (AvgIpc) is 3.59. The minimum absolute atomic E-state index is 0.914. The van der Waals surface area contributed by atoms with E-state index in [0.717, 1.165) is 50.4 Å². The van der Waals surface area contributed by atoms with Gasteiger partial charge in [0, 0.05) is 53.0 Å². The van der Waals surface area contributed by atoms with Crippen molar-refractivity contribution in [2.75, 3.05) is 19.0 Å². The summed E-state index contributed by atoms with van der Waals surface area (Å²) < 4.78 is 0. The van der Waals surface area contributed by atoms with E-state index in [2.05, 4.69) is 102 Å². The molecule has 5 heteroatoms. The van der Waals surface area contributed by atoms with Gasteiger partial charge in [0.2, 0.25) is 0 Å². The number of rotatable bonds is 2. The van der Waals surface area contributed by atoms with Crippen LogP contribution in [-0.2, 0) is 0 Å². The summed E-state index contributed by atoms with van der Waals surface area (Å²) >= 11 is 0. The van der Waals surface area contributed by atoms with Crippen molar-refractivity contribution in [1.29, 1.82) is 0 Å². The van der Waals surface area contributed by atoms with Crippen molar-refractivity contribution in [3.05, 3.63) is 89.5 Å². The van der Waals surface area contributed by atoms with Crippen LogP contribution >= 0.6 is 0 Å². The van der Waals surface area contributed by atoms with Crippen molar-refractivity contribution in [3.63, 3.8) is 0 Å². The van der Waals surface area contributed by atoms with E-state index in [1.165, 1.54) is 11.3 Å². The van der Waals surface area contributed by atoms with Gasteiger partial charge in [0.1, 0.15) is 0 Å². The summed E-state index contributed by atoms with van der Waals surface area (Å²) in [6, 6.07) is 23.1. The zero-order valence-electron chi connectivity index (χ0n) is 18.5. The number of fused-ring (bicyclic) bond motifs is 8. The van der Waals surface area contributed by atoms with Crippen LogP contribution in [-0.4, -0.2) is 34.0 Å². The van der Waals surface area contributed by atoms with Crippen LogP contribution in [0.3, 0.4) is 0 Å². The Hall–Kier alpha value is -4.38. The van der Waals surface area contributed by atoms with E-state index in [1.807, 2.05) is 18.2 Å². The summed E-state index contributed by atoms with van der Waals surface area (Å²) in [4.78, 5) is 18.7. The summed E-state index contributed by atoms with van der Waals surface area (Å²) in [5, 5.41) is 0. The van der Waals surface area contributed by atoms with E-state index in [4.69, 9.17) is 9.97 Å². The standard InChI is InChI=1S/C28H23N5/c1-33(2)28-6-4-3-5-25(28)26-16-24-15-22-10-9-20(30-22)13-18-7-8-19(29-18)14-21-11-12-23(31-21)17-27(26)32-24/h3-17,29,32H,1-2H3. The number of anilines is 1. The van der Waals surface area contributed by atoms with Gasteiger partial charge in [0.05, 0.1) is 22.8 Å². The van der Waals surface area contributed by atoms with Crippen LogP contribution in [0, 0.1) is 0 Å². The number of para-hydroxylation sites is 1. The number of nitrogens with one attached hydrogen (secondary N) is 2. The molecule has 6 rings (SSSR count). The van der Waals surface area contributed by atoms with Crippen LogP contribution in [0.5, 0.6) is 0 Å². The van der Waals surface area contributed by atoms with E-state index in [1.54, 1.807) is 0 Å². The Morgan fingerprint density at radius 3 is 1.79 bits per heavy atom. The summed E-state index contributed by atoms with van der Waals surface area (Å²) in [5.41, 5.74) is 11.2. The first kappa shape index (κ1) is 19.3. The highest BCUT2D eigenvalue weighted by molar-refractivity contribution is 5.92. The Morgan fingerprint density at radius 2 is 1.15 bits per heavy atom. The van der Waals surface area contributed by atoms with Gasteiger partial charge in [0.25, 0.3) is 0 Å². The van der Waals surface area contributed by atoms with Gasteiger partial charge in [-0.3, -0.25) is 0 Å². The summed E-state index contributed by atoms with van der Waals surface area (Å²) in [7, 11) is 4.14. The largest absolute Gasteiger partial charge is 0.377 e. The third-order valence-electron chi connectivity index (χ3n) is 5.84. The van der Waals surface area contributed by atoms with Gasteiger partial charge < -0.3 is 14.9 Å². The van der Waals surface area contributed by atoms with Crippen LogP contribution in [0.4, 0.5) is 5.69 Å². The fraction of sp³-hybridized carbons (Fsp3) is 0.0714. The lowest BCUT2D eigenvalue weighted by molar-refractivity contribution is 1.13. The Balaban J connectivity index is 1.68. The molecule has 8 bridgehead atoms. The van der Waals surface area contributed by atoms with Gasteiger partial charge in [-0.1, -0.05) is 18.2 Å². The SMILES string of the molecule is CN(C)c1ccccc1-c1cc2cc3nc(cc4ccc(cc5nc(cc1[nH]2)C=C5)[nH]4)C=C3. The predicted molar refractivity (Wildman–Crippen MR) is 139 cm³/mol. The van der Waals surface area contributed by atoms with E-state index in [0.29, 0.717) is 0 Å². The third-order valence-corrected chi connectivity index (χ3v) is 5.84. The molecule has 2 aliphatic rings. The molecule has 0 saturated heterocycles. The molecule has 160 valence electrons. The molecule has 5 heterocycles. The molecule has 5 nitrogen and oxygen atoms in total. The molecular weight excluding hydrogens is 406 g/mol. The number of benzene rings is 1. The van der Waals surface area contributed by atoms with Crippen LogP contribution in [0.15, 0.2) is 66.7 Å². The molecule has 0 fully saturated rings. The zero-order valence-corrected chi connectivity index (χ0v) is 18.5. The molecule has 3 aromatic heterocycles. The van der Waals surface area contributed by atoms with Crippen molar-refractivity contribution >= 4 is 52.1 Å². The fourth-order valence-electron chi connectivity index (χ4n) is 4.33. The summed E-state index contributed by atoms with van der Waals surface area (Å²) in [6.45, 7) is 0. The summed E-state index contributed by atoms with van der Waals surface area (Å²) in [6.07, 6.45) is 8.18. The highest BCUT2D eigenvalue weighted by atomic mass is 15.1. The summed E-state index contributed by atoms with van der Waals surface area (Å²) in [5.74, 6) is 0. The number of H-pyrrole nitrogens is 2. The Morgan fingerprint density at radius 1 is 0.576 bits per heavy atom. The van der Waals surface area contributed by atoms with E-state index >= 15 is 0 Å². The lowest BCUT2D eigenvalue weighted by Crippen LogP contribution is -2.09. The van der Waals surface area contributed by atoms with E-state index in [9.17, 15) is 0 Å². The molecule has 33 heavy (non-hydrogen) atoms. The van der Waals surface area contributed by atoms with Gasteiger partial charge >= 0.3 is 0 Å².